The highest BCUT2D eigenvalue weighted by atomic mass is 15.2. The molecular weight excluding hydrogens is 246 g/mol. The van der Waals surface area contributed by atoms with Crippen molar-refractivity contribution >= 4 is 0 Å². The first-order valence-corrected chi connectivity index (χ1v) is 8.51. The van der Waals surface area contributed by atoms with Crippen molar-refractivity contribution in [2.24, 2.45) is 23.0 Å². The predicted molar refractivity (Wildman–Crippen MR) is 86.8 cm³/mol. The molecule has 0 spiro atoms. The Morgan fingerprint density at radius 2 is 1.95 bits per heavy atom. The molecular formula is C17H35N3. The average molecular weight is 281 g/mol. The number of piperidine rings is 2. The standard InChI is InChI=1S/C17H35N3/c1-17(2,3)10-14(11-18)12-20-9-7-16-15(13-20)6-5-8-19(16)4/h14-16H,5-13,18H2,1-4H3. The number of hydrogen-bond donors (Lipinski definition) is 1. The molecule has 2 rings (SSSR count). The van der Waals surface area contributed by atoms with E-state index in [1.807, 2.05) is 0 Å². The van der Waals surface area contributed by atoms with Crippen LogP contribution in [-0.2, 0) is 0 Å². The van der Waals surface area contributed by atoms with E-state index in [-0.39, 0.29) is 0 Å². The molecule has 0 aromatic carbocycles. The normalized spacial score (nSPS) is 31.1. The number of likely N-dealkylation sites (tertiary alicyclic amines) is 2. The van der Waals surface area contributed by atoms with Gasteiger partial charge in [-0.2, -0.15) is 0 Å². The van der Waals surface area contributed by atoms with Crippen molar-refractivity contribution in [1.82, 2.24) is 9.80 Å². The van der Waals surface area contributed by atoms with Gasteiger partial charge in [-0.25, -0.2) is 0 Å². The minimum absolute atomic E-state index is 0.396. The number of fused-ring (bicyclic) bond motifs is 1. The lowest BCUT2D eigenvalue weighted by molar-refractivity contribution is 0.0303. The van der Waals surface area contributed by atoms with Gasteiger partial charge in [0.2, 0.25) is 0 Å². The minimum Gasteiger partial charge on any atom is -0.330 e. The Balaban J connectivity index is 1.85. The van der Waals surface area contributed by atoms with Crippen LogP contribution in [0.25, 0.3) is 0 Å². The van der Waals surface area contributed by atoms with Gasteiger partial charge in [-0.1, -0.05) is 20.8 Å². The lowest BCUT2D eigenvalue weighted by Crippen LogP contribution is -2.53. The maximum atomic E-state index is 6.02. The fourth-order valence-electron chi connectivity index (χ4n) is 4.35. The Morgan fingerprint density at radius 3 is 2.60 bits per heavy atom. The van der Waals surface area contributed by atoms with E-state index < -0.39 is 0 Å². The summed E-state index contributed by atoms with van der Waals surface area (Å²) in [7, 11) is 2.31. The van der Waals surface area contributed by atoms with Gasteiger partial charge in [0, 0.05) is 19.1 Å². The fourth-order valence-corrected chi connectivity index (χ4v) is 4.35. The van der Waals surface area contributed by atoms with Gasteiger partial charge in [0.25, 0.3) is 0 Å². The Hall–Kier alpha value is -0.120. The lowest BCUT2D eigenvalue weighted by atomic mass is 9.82. The Bertz CT molecular complexity index is 297. The van der Waals surface area contributed by atoms with Gasteiger partial charge in [0.15, 0.2) is 0 Å². The highest BCUT2D eigenvalue weighted by Crippen LogP contribution is 2.31. The molecule has 3 unspecified atom stereocenters. The summed E-state index contributed by atoms with van der Waals surface area (Å²) in [5, 5.41) is 0. The van der Waals surface area contributed by atoms with Gasteiger partial charge in [0.1, 0.15) is 0 Å². The van der Waals surface area contributed by atoms with E-state index >= 15 is 0 Å². The van der Waals surface area contributed by atoms with E-state index in [4.69, 9.17) is 5.73 Å². The quantitative estimate of drug-likeness (QED) is 0.859. The summed E-state index contributed by atoms with van der Waals surface area (Å²) in [4.78, 5) is 5.30. The van der Waals surface area contributed by atoms with Crippen LogP contribution in [0.3, 0.4) is 0 Å². The van der Waals surface area contributed by atoms with Gasteiger partial charge in [-0.15, -0.1) is 0 Å². The van der Waals surface area contributed by atoms with E-state index in [1.165, 1.54) is 51.9 Å². The summed E-state index contributed by atoms with van der Waals surface area (Å²) in [6.45, 7) is 12.9. The van der Waals surface area contributed by atoms with Crippen LogP contribution in [0.1, 0.15) is 46.5 Å². The van der Waals surface area contributed by atoms with Gasteiger partial charge < -0.3 is 15.5 Å². The van der Waals surface area contributed by atoms with Crippen LogP contribution < -0.4 is 5.73 Å². The highest BCUT2D eigenvalue weighted by Gasteiger charge is 2.34. The topological polar surface area (TPSA) is 32.5 Å². The third-order valence-electron chi connectivity index (χ3n) is 5.18. The molecule has 2 heterocycles. The first kappa shape index (κ1) is 16.3. The van der Waals surface area contributed by atoms with Crippen molar-refractivity contribution in [2.75, 3.05) is 39.8 Å². The maximum Gasteiger partial charge on any atom is 0.0145 e. The van der Waals surface area contributed by atoms with Crippen LogP contribution in [-0.4, -0.2) is 55.6 Å². The van der Waals surface area contributed by atoms with Crippen molar-refractivity contribution in [2.45, 2.75) is 52.5 Å². The monoisotopic (exact) mass is 281 g/mol. The molecule has 3 heteroatoms. The summed E-state index contributed by atoms with van der Waals surface area (Å²) in [5.41, 5.74) is 6.41. The fraction of sp³-hybridized carbons (Fsp3) is 1.00. The smallest absolute Gasteiger partial charge is 0.0145 e. The molecule has 0 radical (unpaired) electrons. The zero-order valence-electron chi connectivity index (χ0n) is 14.1. The van der Waals surface area contributed by atoms with Crippen LogP contribution in [0.5, 0.6) is 0 Å². The zero-order chi connectivity index (χ0) is 14.8. The van der Waals surface area contributed by atoms with E-state index in [0.29, 0.717) is 11.3 Å². The maximum absolute atomic E-state index is 6.02. The van der Waals surface area contributed by atoms with Gasteiger partial charge >= 0.3 is 0 Å². The summed E-state index contributed by atoms with van der Waals surface area (Å²) >= 11 is 0. The molecule has 3 nitrogen and oxygen atoms in total. The summed E-state index contributed by atoms with van der Waals surface area (Å²) in [6, 6.07) is 0.846. The molecule has 0 bridgehead atoms. The number of hydrogen-bond acceptors (Lipinski definition) is 3. The molecule has 2 aliphatic heterocycles. The summed E-state index contributed by atoms with van der Waals surface area (Å²) in [5.74, 6) is 1.56. The molecule has 0 aromatic heterocycles. The second-order valence-corrected chi connectivity index (χ2v) is 8.37. The summed E-state index contributed by atoms with van der Waals surface area (Å²) < 4.78 is 0. The van der Waals surface area contributed by atoms with Crippen molar-refractivity contribution in [1.29, 1.82) is 0 Å². The molecule has 20 heavy (non-hydrogen) atoms. The van der Waals surface area contributed by atoms with Gasteiger partial charge in [0.05, 0.1) is 0 Å². The first-order valence-electron chi connectivity index (χ1n) is 8.51. The molecule has 0 amide bonds. The van der Waals surface area contributed by atoms with Crippen molar-refractivity contribution in [3.8, 4) is 0 Å². The van der Waals surface area contributed by atoms with Crippen LogP contribution in [0, 0.1) is 17.3 Å². The number of nitrogens with two attached hydrogens (primary N) is 1. The third kappa shape index (κ3) is 4.44. The molecule has 0 aliphatic carbocycles. The number of rotatable bonds is 4. The highest BCUT2D eigenvalue weighted by molar-refractivity contribution is 4.90. The first-order chi connectivity index (χ1) is 9.39. The van der Waals surface area contributed by atoms with Crippen LogP contribution >= 0.6 is 0 Å². The van der Waals surface area contributed by atoms with Gasteiger partial charge in [-0.3, -0.25) is 0 Å². The molecule has 118 valence electrons. The zero-order valence-corrected chi connectivity index (χ0v) is 14.1. The van der Waals surface area contributed by atoms with Crippen LogP contribution in [0.4, 0.5) is 0 Å². The number of nitrogens with zero attached hydrogens (tertiary/aromatic N) is 2. The van der Waals surface area contributed by atoms with Crippen LogP contribution in [0.2, 0.25) is 0 Å². The molecule has 0 aromatic rings. The molecule has 2 saturated heterocycles. The summed E-state index contributed by atoms with van der Waals surface area (Å²) in [6.07, 6.45) is 5.41. The van der Waals surface area contributed by atoms with E-state index in [1.54, 1.807) is 0 Å². The molecule has 3 atom stereocenters. The lowest BCUT2D eigenvalue weighted by Gasteiger charge is -2.46. The largest absolute Gasteiger partial charge is 0.330 e. The molecule has 0 saturated carbocycles. The molecule has 2 N–H and O–H groups in total. The van der Waals surface area contributed by atoms with Crippen molar-refractivity contribution in [3.63, 3.8) is 0 Å². The van der Waals surface area contributed by atoms with Crippen LogP contribution in [0.15, 0.2) is 0 Å². The molecule has 2 fully saturated rings. The van der Waals surface area contributed by atoms with E-state index in [2.05, 4.69) is 37.6 Å². The van der Waals surface area contributed by atoms with Crippen molar-refractivity contribution < 1.29 is 0 Å². The van der Waals surface area contributed by atoms with E-state index in [0.717, 1.165) is 18.5 Å². The Morgan fingerprint density at radius 1 is 1.20 bits per heavy atom. The average Bonchev–Trinajstić information content (AvgIpc) is 2.36. The second-order valence-electron chi connectivity index (χ2n) is 8.37. The SMILES string of the molecule is CN1CCCC2CN(CC(CN)CC(C)(C)C)CCC21. The third-order valence-corrected chi connectivity index (χ3v) is 5.18. The van der Waals surface area contributed by atoms with E-state index in [9.17, 15) is 0 Å². The van der Waals surface area contributed by atoms with Crippen molar-refractivity contribution in [3.05, 3.63) is 0 Å². The Labute approximate surface area is 125 Å². The predicted octanol–water partition coefficient (Wildman–Crippen LogP) is 2.41. The Kier molecular flexibility index (Phi) is 5.49. The van der Waals surface area contributed by atoms with Gasteiger partial charge in [-0.05, 0) is 69.6 Å². The minimum atomic E-state index is 0.396. The molecule has 2 aliphatic rings. The second kappa shape index (κ2) is 6.76.